The highest BCUT2D eigenvalue weighted by Gasteiger charge is 2.40. The van der Waals surface area contributed by atoms with Gasteiger partial charge in [-0.05, 0) is 25.7 Å². The van der Waals surface area contributed by atoms with Gasteiger partial charge in [0.05, 0.1) is 13.2 Å². The predicted octanol–water partition coefficient (Wildman–Crippen LogP) is 2.37. The van der Waals surface area contributed by atoms with Crippen LogP contribution in [0, 0.1) is 0 Å². The molecule has 1 aliphatic rings. The Bertz CT molecular complexity index is 167. The predicted molar refractivity (Wildman–Crippen MR) is 57.6 cm³/mol. The van der Waals surface area contributed by atoms with E-state index in [4.69, 9.17) is 9.47 Å². The van der Waals surface area contributed by atoms with Crippen molar-refractivity contribution in [2.45, 2.75) is 51.9 Å². The van der Waals surface area contributed by atoms with Crippen LogP contribution in [0.1, 0.15) is 46.0 Å². The maximum Gasteiger partial charge on any atom is 0.251 e. The molecule has 1 heterocycles. The number of hydroxylamine groups is 2. The molecule has 0 spiro atoms. The molecule has 0 amide bonds. The van der Waals surface area contributed by atoms with Crippen LogP contribution in [0.25, 0.3) is 0 Å². The smallest absolute Gasteiger partial charge is 0.251 e. The zero-order valence-corrected chi connectivity index (χ0v) is 9.87. The van der Waals surface area contributed by atoms with E-state index in [1.165, 1.54) is 5.06 Å². The Morgan fingerprint density at radius 3 is 2.20 bits per heavy atom. The lowest BCUT2D eigenvalue weighted by Gasteiger charge is -2.42. The molecule has 15 heavy (non-hydrogen) atoms. The molecule has 0 radical (unpaired) electrons. The topological polar surface area (TPSA) is 41.9 Å². The highest BCUT2D eigenvalue weighted by Crippen LogP contribution is 2.29. The highest BCUT2D eigenvalue weighted by molar-refractivity contribution is 4.72. The SMILES string of the molecule is CCCOC1(OCCC)CCCCN1O. The van der Waals surface area contributed by atoms with Crippen LogP contribution in [-0.2, 0) is 9.47 Å². The quantitative estimate of drug-likeness (QED) is 0.693. The largest absolute Gasteiger partial charge is 0.336 e. The summed E-state index contributed by atoms with van der Waals surface area (Å²) in [4.78, 5) is 0. The molecule has 4 heteroatoms. The molecule has 90 valence electrons. The fraction of sp³-hybridized carbons (Fsp3) is 1.00. The summed E-state index contributed by atoms with van der Waals surface area (Å²) >= 11 is 0. The summed E-state index contributed by atoms with van der Waals surface area (Å²) in [5.74, 6) is -0.871. The van der Waals surface area contributed by atoms with E-state index < -0.39 is 5.91 Å². The van der Waals surface area contributed by atoms with Gasteiger partial charge in [0.15, 0.2) is 0 Å². The van der Waals surface area contributed by atoms with Crippen LogP contribution in [-0.4, -0.2) is 35.9 Å². The maximum atomic E-state index is 9.86. The highest BCUT2D eigenvalue weighted by atomic mass is 16.8. The Morgan fingerprint density at radius 2 is 1.73 bits per heavy atom. The van der Waals surface area contributed by atoms with Crippen LogP contribution in [0.2, 0.25) is 0 Å². The summed E-state index contributed by atoms with van der Waals surface area (Å²) in [6.07, 6.45) is 4.67. The third kappa shape index (κ3) is 3.41. The minimum Gasteiger partial charge on any atom is -0.336 e. The average Bonchev–Trinajstić information content (AvgIpc) is 2.27. The number of nitrogens with zero attached hydrogens (tertiary/aromatic N) is 1. The lowest BCUT2D eigenvalue weighted by molar-refractivity contribution is -0.405. The summed E-state index contributed by atoms with van der Waals surface area (Å²) in [5.41, 5.74) is 0. The molecule has 1 saturated heterocycles. The summed E-state index contributed by atoms with van der Waals surface area (Å²) in [5, 5.41) is 11.1. The van der Waals surface area contributed by atoms with Crippen LogP contribution >= 0.6 is 0 Å². The van der Waals surface area contributed by atoms with E-state index in [2.05, 4.69) is 13.8 Å². The van der Waals surface area contributed by atoms with Crippen molar-refractivity contribution in [3.05, 3.63) is 0 Å². The number of hydrogen-bond acceptors (Lipinski definition) is 4. The van der Waals surface area contributed by atoms with E-state index in [1.54, 1.807) is 0 Å². The van der Waals surface area contributed by atoms with Gasteiger partial charge in [0.1, 0.15) is 0 Å². The number of ether oxygens (including phenoxy) is 2. The molecule has 0 atom stereocenters. The first-order valence-electron chi connectivity index (χ1n) is 5.99. The third-order valence-corrected chi connectivity index (χ3v) is 2.57. The Morgan fingerprint density at radius 1 is 1.13 bits per heavy atom. The standard InChI is InChI=1S/C11H23NO3/c1-3-9-14-11(15-10-4-2)7-5-6-8-12(11)13/h13H,3-10H2,1-2H3. The molecule has 0 aromatic rings. The van der Waals surface area contributed by atoms with Gasteiger partial charge < -0.3 is 14.7 Å². The summed E-state index contributed by atoms with van der Waals surface area (Å²) < 4.78 is 11.4. The number of hydrogen-bond donors (Lipinski definition) is 1. The van der Waals surface area contributed by atoms with E-state index in [0.29, 0.717) is 19.8 Å². The van der Waals surface area contributed by atoms with Gasteiger partial charge in [-0.25, -0.2) is 0 Å². The van der Waals surface area contributed by atoms with Gasteiger partial charge in [-0.3, -0.25) is 0 Å². The van der Waals surface area contributed by atoms with Crippen molar-refractivity contribution in [1.82, 2.24) is 5.06 Å². The monoisotopic (exact) mass is 217 g/mol. The van der Waals surface area contributed by atoms with E-state index in [-0.39, 0.29) is 0 Å². The average molecular weight is 217 g/mol. The lowest BCUT2D eigenvalue weighted by atomic mass is 10.1. The van der Waals surface area contributed by atoms with E-state index in [9.17, 15) is 5.21 Å². The van der Waals surface area contributed by atoms with Crippen LogP contribution in [0.15, 0.2) is 0 Å². The van der Waals surface area contributed by atoms with Crippen molar-refractivity contribution < 1.29 is 14.7 Å². The van der Waals surface area contributed by atoms with Gasteiger partial charge in [0, 0.05) is 13.0 Å². The van der Waals surface area contributed by atoms with Crippen molar-refractivity contribution >= 4 is 0 Å². The van der Waals surface area contributed by atoms with Crippen LogP contribution in [0.3, 0.4) is 0 Å². The van der Waals surface area contributed by atoms with Gasteiger partial charge in [0.25, 0.3) is 5.91 Å². The lowest BCUT2D eigenvalue weighted by Crippen LogP contribution is -2.54. The first kappa shape index (κ1) is 12.9. The molecule has 0 unspecified atom stereocenters. The molecule has 0 bridgehead atoms. The Hall–Kier alpha value is -0.160. The van der Waals surface area contributed by atoms with Gasteiger partial charge in [-0.2, -0.15) is 0 Å². The van der Waals surface area contributed by atoms with Crippen molar-refractivity contribution in [1.29, 1.82) is 0 Å². The summed E-state index contributed by atoms with van der Waals surface area (Å²) in [6.45, 7) is 5.99. The third-order valence-electron chi connectivity index (χ3n) is 2.57. The van der Waals surface area contributed by atoms with E-state index >= 15 is 0 Å². The molecule has 0 aromatic heterocycles. The van der Waals surface area contributed by atoms with Crippen LogP contribution in [0.5, 0.6) is 0 Å². The second-order valence-corrected chi connectivity index (χ2v) is 3.99. The number of rotatable bonds is 6. The van der Waals surface area contributed by atoms with Crippen LogP contribution < -0.4 is 0 Å². The second-order valence-electron chi connectivity index (χ2n) is 3.99. The molecule has 1 aliphatic heterocycles. The molecule has 0 saturated carbocycles. The van der Waals surface area contributed by atoms with Crippen molar-refractivity contribution in [2.24, 2.45) is 0 Å². The molecular weight excluding hydrogens is 194 g/mol. The van der Waals surface area contributed by atoms with Gasteiger partial charge in [-0.15, -0.1) is 5.06 Å². The van der Waals surface area contributed by atoms with Crippen molar-refractivity contribution in [2.75, 3.05) is 19.8 Å². The fourth-order valence-corrected chi connectivity index (χ4v) is 1.77. The molecule has 1 N–H and O–H groups in total. The first-order chi connectivity index (χ1) is 7.25. The van der Waals surface area contributed by atoms with Crippen LogP contribution in [0.4, 0.5) is 0 Å². The minimum atomic E-state index is -0.871. The normalized spacial score (nSPS) is 21.8. The van der Waals surface area contributed by atoms with Crippen molar-refractivity contribution in [3.8, 4) is 0 Å². The maximum absolute atomic E-state index is 9.86. The molecular formula is C11H23NO3. The van der Waals surface area contributed by atoms with Crippen molar-refractivity contribution in [3.63, 3.8) is 0 Å². The summed E-state index contributed by atoms with van der Waals surface area (Å²) in [7, 11) is 0. The zero-order valence-electron chi connectivity index (χ0n) is 9.87. The molecule has 4 nitrogen and oxygen atoms in total. The minimum absolute atomic E-state index is 0.626. The van der Waals surface area contributed by atoms with Gasteiger partial charge >= 0.3 is 0 Å². The zero-order chi connectivity index (χ0) is 11.1. The first-order valence-corrected chi connectivity index (χ1v) is 5.99. The van der Waals surface area contributed by atoms with Gasteiger partial charge in [0.2, 0.25) is 0 Å². The summed E-state index contributed by atoms with van der Waals surface area (Å²) in [6, 6.07) is 0. The van der Waals surface area contributed by atoms with E-state index in [1.807, 2.05) is 0 Å². The number of piperidine rings is 1. The Labute approximate surface area is 92.1 Å². The molecule has 0 aromatic carbocycles. The van der Waals surface area contributed by atoms with Gasteiger partial charge in [-0.1, -0.05) is 13.8 Å². The Kier molecular flexibility index (Phi) is 5.53. The molecule has 1 rings (SSSR count). The Balaban J connectivity index is 2.55. The molecule has 0 aliphatic carbocycles. The second kappa shape index (κ2) is 6.43. The van der Waals surface area contributed by atoms with E-state index in [0.717, 1.165) is 32.1 Å². The fourth-order valence-electron chi connectivity index (χ4n) is 1.77. The molecule has 1 fully saturated rings.